The summed E-state index contributed by atoms with van der Waals surface area (Å²) in [7, 11) is 0. The summed E-state index contributed by atoms with van der Waals surface area (Å²) in [5.41, 5.74) is 3.18. The maximum atomic E-state index is 14.1. The minimum absolute atomic E-state index is 0.0282. The average molecular weight is 300 g/mol. The van der Waals surface area contributed by atoms with Crippen molar-refractivity contribution in [3.8, 4) is 0 Å². The highest BCUT2D eigenvalue weighted by molar-refractivity contribution is 5.93. The van der Waals surface area contributed by atoms with Crippen molar-refractivity contribution in [3.05, 3.63) is 59.7 Å². The Bertz CT molecular complexity index is 860. The van der Waals surface area contributed by atoms with Crippen LogP contribution in [0.4, 0.5) is 15.9 Å². The lowest BCUT2D eigenvalue weighted by atomic mass is 10.2. The number of hydrogen-bond acceptors (Lipinski definition) is 4. The highest BCUT2D eigenvalue weighted by atomic mass is 19.1. The van der Waals surface area contributed by atoms with Gasteiger partial charge < -0.3 is 5.32 Å². The molecule has 0 atom stereocenters. The minimum Gasteiger partial charge on any atom is -0.337 e. The Hall–Kier alpha value is -2.93. The van der Waals surface area contributed by atoms with Gasteiger partial charge in [0.1, 0.15) is 17.3 Å². The second kappa shape index (κ2) is 5.45. The van der Waals surface area contributed by atoms with Gasteiger partial charge in [-0.25, -0.2) is 14.9 Å². The molecule has 7 heteroatoms. The third-order valence-electron chi connectivity index (χ3n) is 3.29. The van der Waals surface area contributed by atoms with Crippen molar-refractivity contribution in [2.75, 3.05) is 5.32 Å². The molecule has 2 aromatic heterocycles. The standard InChI is InChI=1S/C15H13FN4O2/c1-9-14(20-7-3-2-4-13(20)17-9)18-12-6-5-10(8-11(12)16)15(21)19-22/h2-8,18,22H,1H3,(H,19,21). The van der Waals surface area contributed by atoms with Crippen LogP contribution in [0, 0.1) is 12.7 Å². The Balaban J connectivity index is 1.98. The summed E-state index contributed by atoms with van der Waals surface area (Å²) >= 11 is 0. The first-order valence-corrected chi connectivity index (χ1v) is 6.55. The molecule has 0 aliphatic carbocycles. The van der Waals surface area contributed by atoms with Crippen molar-refractivity contribution >= 4 is 23.1 Å². The lowest BCUT2D eigenvalue weighted by molar-refractivity contribution is 0.0706. The van der Waals surface area contributed by atoms with Gasteiger partial charge >= 0.3 is 0 Å². The van der Waals surface area contributed by atoms with E-state index in [9.17, 15) is 9.18 Å². The van der Waals surface area contributed by atoms with E-state index in [2.05, 4.69) is 10.3 Å². The summed E-state index contributed by atoms with van der Waals surface area (Å²) in [5, 5.41) is 11.5. The summed E-state index contributed by atoms with van der Waals surface area (Å²) in [5.74, 6) is -0.725. The van der Waals surface area contributed by atoms with Crippen LogP contribution >= 0.6 is 0 Å². The number of fused-ring (bicyclic) bond motifs is 1. The molecule has 0 fully saturated rings. The van der Waals surface area contributed by atoms with E-state index in [1.807, 2.05) is 35.7 Å². The highest BCUT2D eigenvalue weighted by Crippen LogP contribution is 2.24. The molecule has 0 spiro atoms. The summed E-state index contributed by atoms with van der Waals surface area (Å²) in [6, 6.07) is 9.46. The van der Waals surface area contributed by atoms with E-state index in [1.54, 1.807) is 0 Å². The van der Waals surface area contributed by atoms with Gasteiger partial charge in [0, 0.05) is 11.8 Å². The summed E-state index contributed by atoms with van der Waals surface area (Å²) in [6.07, 6.45) is 1.82. The summed E-state index contributed by atoms with van der Waals surface area (Å²) < 4.78 is 15.9. The van der Waals surface area contributed by atoms with E-state index in [4.69, 9.17) is 5.21 Å². The zero-order valence-corrected chi connectivity index (χ0v) is 11.7. The molecule has 3 rings (SSSR count). The number of carbonyl (C=O) groups is 1. The Morgan fingerprint density at radius 1 is 1.32 bits per heavy atom. The van der Waals surface area contributed by atoms with Crippen LogP contribution in [0.1, 0.15) is 16.1 Å². The number of amides is 1. The number of benzene rings is 1. The molecule has 2 heterocycles. The Labute approximate surface area is 125 Å². The number of halogens is 1. The quantitative estimate of drug-likeness (QED) is 0.513. The fourth-order valence-corrected chi connectivity index (χ4v) is 2.21. The number of hydrogen-bond donors (Lipinski definition) is 3. The van der Waals surface area contributed by atoms with Crippen molar-refractivity contribution in [2.24, 2.45) is 0 Å². The van der Waals surface area contributed by atoms with Crippen LogP contribution in [0.25, 0.3) is 5.65 Å². The second-order valence-electron chi connectivity index (χ2n) is 4.74. The molecule has 3 N–H and O–H groups in total. The number of carbonyl (C=O) groups excluding carboxylic acids is 1. The van der Waals surface area contributed by atoms with Crippen LogP contribution in [0.5, 0.6) is 0 Å². The zero-order chi connectivity index (χ0) is 15.7. The number of aryl methyl sites for hydroxylation is 1. The van der Waals surface area contributed by atoms with Crippen LogP contribution in [-0.2, 0) is 0 Å². The number of imidazole rings is 1. The second-order valence-corrected chi connectivity index (χ2v) is 4.74. The molecule has 22 heavy (non-hydrogen) atoms. The van der Waals surface area contributed by atoms with Crippen LogP contribution in [0.2, 0.25) is 0 Å². The van der Waals surface area contributed by atoms with Crippen molar-refractivity contribution < 1.29 is 14.4 Å². The summed E-state index contributed by atoms with van der Waals surface area (Å²) in [4.78, 5) is 15.6. The van der Waals surface area contributed by atoms with Gasteiger partial charge in [-0.2, -0.15) is 0 Å². The van der Waals surface area contributed by atoms with E-state index < -0.39 is 11.7 Å². The predicted octanol–water partition coefficient (Wildman–Crippen LogP) is 2.64. The van der Waals surface area contributed by atoms with Crippen LogP contribution in [0.15, 0.2) is 42.6 Å². The smallest absolute Gasteiger partial charge is 0.274 e. The predicted molar refractivity (Wildman–Crippen MR) is 78.9 cm³/mol. The molecule has 0 aliphatic rings. The number of nitrogens with zero attached hydrogens (tertiary/aromatic N) is 2. The van der Waals surface area contributed by atoms with Gasteiger partial charge in [-0.05, 0) is 37.3 Å². The third-order valence-corrected chi connectivity index (χ3v) is 3.29. The first-order chi connectivity index (χ1) is 10.6. The molecule has 0 bridgehead atoms. The Morgan fingerprint density at radius 2 is 2.14 bits per heavy atom. The van der Waals surface area contributed by atoms with Crippen molar-refractivity contribution in [2.45, 2.75) is 6.92 Å². The van der Waals surface area contributed by atoms with Gasteiger partial charge in [-0.15, -0.1) is 0 Å². The van der Waals surface area contributed by atoms with E-state index >= 15 is 0 Å². The van der Waals surface area contributed by atoms with Crippen LogP contribution < -0.4 is 10.8 Å². The lowest BCUT2D eigenvalue weighted by Crippen LogP contribution is -2.18. The molecule has 3 aromatic rings. The fraction of sp³-hybridized carbons (Fsp3) is 0.0667. The van der Waals surface area contributed by atoms with E-state index in [1.165, 1.54) is 17.6 Å². The minimum atomic E-state index is -0.767. The molecule has 0 radical (unpaired) electrons. The number of anilines is 2. The first kappa shape index (κ1) is 14.0. The van der Waals surface area contributed by atoms with E-state index in [0.717, 1.165) is 17.4 Å². The summed E-state index contributed by atoms with van der Waals surface area (Å²) in [6.45, 7) is 1.82. The number of pyridine rings is 1. The van der Waals surface area contributed by atoms with Gasteiger partial charge in [0.05, 0.1) is 11.4 Å². The largest absolute Gasteiger partial charge is 0.337 e. The number of nitrogens with one attached hydrogen (secondary N) is 2. The SMILES string of the molecule is Cc1nc2ccccn2c1Nc1ccc(C(=O)NO)cc1F. The van der Waals surface area contributed by atoms with Crippen molar-refractivity contribution in [1.82, 2.24) is 14.9 Å². The topological polar surface area (TPSA) is 78.7 Å². The number of aromatic nitrogens is 2. The molecular weight excluding hydrogens is 287 g/mol. The van der Waals surface area contributed by atoms with Gasteiger partial charge in [0.25, 0.3) is 5.91 Å². The van der Waals surface area contributed by atoms with E-state index in [0.29, 0.717) is 5.82 Å². The lowest BCUT2D eigenvalue weighted by Gasteiger charge is -2.09. The molecule has 6 nitrogen and oxygen atoms in total. The molecule has 0 saturated carbocycles. The van der Waals surface area contributed by atoms with Gasteiger partial charge in [-0.1, -0.05) is 6.07 Å². The van der Waals surface area contributed by atoms with Gasteiger partial charge in [-0.3, -0.25) is 14.4 Å². The molecule has 0 aliphatic heterocycles. The molecule has 0 unspecified atom stereocenters. The first-order valence-electron chi connectivity index (χ1n) is 6.55. The maximum absolute atomic E-state index is 14.1. The maximum Gasteiger partial charge on any atom is 0.274 e. The van der Waals surface area contributed by atoms with Crippen molar-refractivity contribution in [1.29, 1.82) is 0 Å². The third kappa shape index (κ3) is 2.38. The normalized spacial score (nSPS) is 10.7. The molecule has 0 saturated heterocycles. The van der Waals surface area contributed by atoms with E-state index in [-0.39, 0.29) is 11.3 Å². The zero-order valence-electron chi connectivity index (χ0n) is 11.7. The molecular formula is C15H13FN4O2. The number of hydroxylamine groups is 1. The molecule has 1 aromatic carbocycles. The van der Waals surface area contributed by atoms with Crippen molar-refractivity contribution in [3.63, 3.8) is 0 Å². The molecule has 112 valence electrons. The Kier molecular flexibility index (Phi) is 3.48. The van der Waals surface area contributed by atoms with Crippen LogP contribution in [0.3, 0.4) is 0 Å². The van der Waals surface area contributed by atoms with Gasteiger partial charge in [0.15, 0.2) is 0 Å². The highest BCUT2D eigenvalue weighted by Gasteiger charge is 2.13. The number of rotatable bonds is 3. The monoisotopic (exact) mass is 300 g/mol. The van der Waals surface area contributed by atoms with Gasteiger partial charge in [0.2, 0.25) is 0 Å². The fourth-order valence-electron chi connectivity index (χ4n) is 2.21. The molecule has 1 amide bonds. The average Bonchev–Trinajstić information content (AvgIpc) is 2.84. The van der Waals surface area contributed by atoms with Crippen LogP contribution in [-0.4, -0.2) is 20.5 Å². The Morgan fingerprint density at radius 3 is 2.86 bits per heavy atom.